The van der Waals surface area contributed by atoms with E-state index >= 15 is 0 Å². The van der Waals surface area contributed by atoms with Crippen LogP contribution in [0, 0.1) is 23.4 Å². The molecule has 200 valence electrons. The monoisotopic (exact) mass is 538 g/mol. The van der Waals surface area contributed by atoms with Gasteiger partial charge in [0.05, 0.1) is 5.75 Å². The van der Waals surface area contributed by atoms with Crippen molar-refractivity contribution in [2.24, 2.45) is 11.7 Å². The van der Waals surface area contributed by atoms with Crippen molar-refractivity contribution in [3.63, 3.8) is 0 Å². The summed E-state index contributed by atoms with van der Waals surface area (Å²) in [6, 6.07) is 0.834. The SMILES string of the molecule is N[C@H](Cc1cc(F)c(F)cc1F)C1CCN(C(=O)CCS(=O)(=O)C2=COC=C(C3=CC=CCC3)O2)CC1. The van der Waals surface area contributed by atoms with Crippen LogP contribution in [-0.4, -0.2) is 44.1 Å². The van der Waals surface area contributed by atoms with Gasteiger partial charge in [0.1, 0.15) is 18.3 Å². The first-order chi connectivity index (χ1) is 17.6. The molecule has 0 unspecified atom stereocenters. The topological polar surface area (TPSA) is 98.9 Å². The van der Waals surface area contributed by atoms with E-state index in [9.17, 15) is 26.4 Å². The average Bonchev–Trinajstić information content (AvgIpc) is 2.91. The highest BCUT2D eigenvalue weighted by Gasteiger charge is 2.30. The van der Waals surface area contributed by atoms with E-state index in [0.29, 0.717) is 44.2 Å². The summed E-state index contributed by atoms with van der Waals surface area (Å²) in [5.41, 5.74) is 7.05. The molecule has 0 saturated carbocycles. The van der Waals surface area contributed by atoms with Crippen LogP contribution in [0.25, 0.3) is 0 Å². The maximum absolute atomic E-state index is 14.0. The van der Waals surface area contributed by atoms with Gasteiger partial charge in [-0.15, -0.1) is 0 Å². The third kappa shape index (κ3) is 6.64. The van der Waals surface area contributed by atoms with Crippen molar-refractivity contribution in [1.29, 1.82) is 0 Å². The van der Waals surface area contributed by atoms with Gasteiger partial charge in [-0.2, -0.15) is 0 Å². The summed E-state index contributed by atoms with van der Waals surface area (Å²) >= 11 is 0. The summed E-state index contributed by atoms with van der Waals surface area (Å²) in [4.78, 5) is 14.3. The number of hydrogen-bond acceptors (Lipinski definition) is 6. The number of ether oxygens (including phenoxy) is 2. The molecule has 3 aliphatic rings. The predicted octanol–water partition coefficient (Wildman–Crippen LogP) is 3.98. The van der Waals surface area contributed by atoms with Gasteiger partial charge >= 0.3 is 0 Å². The number of halogens is 3. The van der Waals surface area contributed by atoms with Gasteiger partial charge < -0.3 is 20.1 Å². The second-order valence-electron chi connectivity index (χ2n) is 9.33. The van der Waals surface area contributed by atoms with Crippen molar-refractivity contribution in [2.75, 3.05) is 18.8 Å². The number of likely N-dealkylation sites (tertiary alicyclic amines) is 1. The number of nitrogens with two attached hydrogens (primary N) is 1. The van der Waals surface area contributed by atoms with Crippen LogP contribution in [-0.2, 0) is 30.5 Å². The van der Waals surface area contributed by atoms with Crippen molar-refractivity contribution in [3.8, 4) is 0 Å². The fraction of sp³-hybridized carbons (Fsp3) is 0.423. The van der Waals surface area contributed by atoms with E-state index in [-0.39, 0.29) is 35.3 Å². The average molecular weight is 539 g/mol. The molecular formula is C26H29F3N2O5S. The molecule has 1 aliphatic carbocycles. The standard InChI is InChI=1S/C26H29F3N2O5S/c27-20-14-22(29)21(28)12-19(20)13-23(30)17-6-9-31(10-7-17)25(32)8-11-37(33,34)26-16-35-15-24(36-26)18-4-2-1-3-5-18/h1-2,4,12,14-17,23H,3,5-11,13,30H2/t23-/m1/s1. The lowest BCUT2D eigenvalue weighted by atomic mass is 9.86. The lowest BCUT2D eigenvalue weighted by Gasteiger charge is -2.35. The Balaban J connectivity index is 1.25. The lowest BCUT2D eigenvalue weighted by molar-refractivity contribution is -0.132. The van der Waals surface area contributed by atoms with Gasteiger partial charge in [0.2, 0.25) is 15.7 Å². The molecule has 37 heavy (non-hydrogen) atoms. The fourth-order valence-electron chi connectivity index (χ4n) is 4.59. The fourth-order valence-corrected chi connectivity index (χ4v) is 5.66. The molecular weight excluding hydrogens is 509 g/mol. The third-order valence-corrected chi connectivity index (χ3v) is 8.35. The van der Waals surface area contributed by atoms with Crippen molar-refractivity contribution in [1.82, 2.24) is 4.90 Å². The Morgan fingerprint density at radius 2 is 1.84 bits per heavy atom. The smallest absolute Gasteiger partial charge is 0.253 e. The Labute approximate surface area is 214 Å². The van der Waals surface area contributed by atoms with Crippen molar-refractivity contribution in [3.05, 3.63) is 82.3 Å². The summed E-state index contributed by atoms with van der Waals surface area (Å²) in [6.07, 6.45) is 10.5. The number of nitrogens with zero attached hydrogens (tertiary/aromatic N) is 1. The Bertz CT molecular complexity index is 1260. The highest BCUT2D eigenvalue weighted by Crippen LogP contribution is 2.29. The Morgan fingerprint density at radius 3 is 2.54 bits per heavy atom. The van der Waals surface area contributed by atoms with E-state index < -0.39 is 39.1 Å². The van der Waals surface area contributed by atoms with Gasteiger partial charge in [0.15, 0.2) is 17.4 Å². The molecule has 7 nitrogen and oxygen atoms in total. The van der Waals surface area contributed by atoms with Crippen LogP contribution in [0.1, 0.15) is 37.7 Å². The van der Waals surface area contributed by atoms with Crippen molar-refractivity contribution >= 4 is 15.7 Å². The second kappa shape index (κ2) is 11.6. The molecule has 4 rings (SSSR count). The third-order valence-electron chi connectivity index (χ3n) is 6.81. The number of amides is 1. The number of hydrogen-bond donors (Lipinski definition) is 1. The number of sulfone groups is 1. The number of rotatable bonds is 8. The zero-order valence-corrected chi connectivity index (χ0v) is 21.0. The minimum absolute atomic E-state index is 0.00701. The van der Waals surface area contributed by atoms with E-state index in [4.69, 9.17) is 15.2 Å². The minimum atomic E-state index is -3.89. The number of benzene rings is 1. The van der Waals surface area contributed by atoms with E-state index in [1.807, 2.05) is 18.2 Å². The largest absolute Gasteiger partial charge is 0.464 e. The van der Waals surface area contributed by atoms with Crippen LogP contribution >= 0.6 is 0 Å². The molecule has 2 N–H and O–H groups in total. The molecule has 1 atom stereocenters. The van der Waals surface area contributed by atoms with Crippen LogP contribution in [0.15, 0.2) is 59.3 Å². The van der Waals surface area contributed by atoms with Crippen LogP contribution in [0.2, 0.25) is 0 Å². The quantitative estimate of drug-likeness (QED) is 0.503. The zero-order chi connectivity index (χ0) is 26.6. The molecule has 1 amide bonds. The van der Waals surface area contributed by atoms with E-state index in [1.54, 1.807) is 4.90 Å². The van der Waals surface area contributed by atoms with Crippen molar-refractivity contribution in [2.45, 2.75) is 44.6 Å². The molecule has 11 heteroatoms. The highest BCUT2D eigenvalue weighted by molar-refractivity contribution is 7.95. The minimum Gasteiger partial charge on any atom is -0.464 e. The van der Waals surface area contributed by atoms with Crippen LogP contribution in [0.4, 0.5) is 13.2 Å². The van der Waals surface area contributed by atoms with Gasteiger partial charge in [-0.05, 0) is 55.2 Å². The molecule has 0 aromatic heterocycles. The van der Waals surface area contributed by atoms with Crippen molar-refractivity contribution < 1.29 is 35.9 Å². The van der Waals surface area contributed by atoms with Crippen LogP contribution in [0.5, 0.6) is 0 Å². The summed E-state index contributed by atoms with van der Waals surface area (Å²) in [6.45, 7) is 0.739. The van der Waals surface area contributed by atoms with Crippen LogP contribution in [0.3, 0.4) is 0 Å². The highest BCUT2D eigenvalue weighted by atomic mass is 32.2. The summed E-state index contributed by atoms with van der Waals surface area (Å²) in [5.74, 6) is -3.68. The van der Waals surface area contributed by atoms with Gasteiger partial charge in [-0.1, -0.05) is 18.2 Å². The molecule has 0 bridgehead atoms. The zero-order valence-electron chi connectivity index (χ0n) is 20.2. The lowest BCUT2D eigenvalue weighted by Crippen LogP contribution is -2.44. The maximum Gasteiger partial charge on any atom is 0.253 e. The summed E-state index contributed by atoms with van der Waals surface area (Å²) < 4.78 is 76.9. The van der Waals surface area contributed by atoms with Gasteiger partial charge in [-0.25, -0.2) is 21.6 Å². The Morgan fingerprint density at radius 1 is 1.11 bits per heavy atom. The predicted molar refractivity (Wildman–Crippen MR) is 130 cm³/mol. The molecule has 1 fully saturated rings. The first-order valence-electron chi connectivity index (χ1n) is 12.1. The first kappa shape index (κ1) is 27.0. The molecule has 1 aromatic rings. The first-order valence-corrected chi connectivity index (χ1v) is 13.8. The summed E-state index contributed by atoms with van der Waals surface area (Å²) in [7, 11) is -3.89. The number of carbonyl (C=O) groups excluding carboxylic acids is 1. The Kier molecular flexibility index (Phi) is 8.43. The molecule has 0 spiro atoms. The molecule has 1 saturated heterocycles. The normalized spacial score (nSPS) is 19.4. The van der Waals surface area contributed by atoms with Gasteiger partial charge in [0, 0.05) is 31.6 Å². The molecule has 0 radical (unpaired) electrons. The molecule has 1 aromatic carbocycles. The summed E-state index contributed by atoms with van der Waals surface area (Å²) in [5, 5.41) is -0.331. The van der Waals surface area contributed by atoms with Crippen LogP contribution < -0.4 is 5.73 Å². The molecule has 2 heterocycles. The molecule has 2 aliphatic heterocycles. The van der Waals surface area contributed by atoms with E-state index in [1.165, 1.54) is 6.26 Å². The van der Waals surface area contributed by atoms with Gasteiger partial charge in [0.25, 0.3) is 5.09 Å². The Hall–Kier alpha value is -3.05. The number of piperidine rings is 1. The number of allylic oxidation sites excluding steroid dienone is 4. The maximum atomic E-state index is 14.0. The second-order valence-corrected chi connectivity index (χ2v) is 11.4. The van der Waals surface area contributed by atoms with E-state index in [2.05, 4.69) is 0 Å². The number of carbonyl (C=O) groups is 1. The van der Waals surface area contributed by atoms with E-state index in [0.717, 1.165) is 24.3 Å². The van der Waals surface area contributed by atoms with Gasteiger partial charge in [-0.3, -0.25) is 4.79 Å².